The highest BCUT2D eigenvalue weighted by atomic mass is 32.1. The molecule has 2 aromatic rings. The average molecular weight is 235 g/mol. The molecule has 1 atom stereocenters. The van der Waals surface area contributed by atoms with Gasteiger partial charge in [0.05, 0.1) is 0 Å². The van der Waals surface area contributed by atoms with Crippen LogP contribution in [0.3, 0.4) is 0 Å². The zero-order chi connectivity index (χ0) is 11.2. The molecular formula is C13H14FNS. The topological polar surface area (TPSA) is 26.0 Å². The smallest absolute Gasteiger partial charge is 0.152 e. The van der Waals surface area contributed by atoms with E-state index in [-0.39, 0.29) is 12.5 Å². The van der Waals surface area contributed by atoms with Crippen molar-refractivity contribution >= 4 is 21.4 Å². The number of thiophene rings is 1. The molecule has 1 saturated carbocycles. The van der Waals surface area contributed by atoms with E-state index in [1.807, 2.05) is 29.6 Å². The summed E-state index contributed by atoms with van der Waals surface area (Å²) < 4.78 is 16.0. The molecule has 3 heteroatoms. The maximum Gasteiger partial charge on any atom is 0.152 e. The van der Waals surface area contributed by atoms with Crippen molar-refractivity contribution in [1.82, 2.24) is 0 Å². The molecular weight excluding hydrogens is 221 g/mol. The van der Waals surface area contributed by atoms with Gasteiger partial charge >= 0.3 is 0 Å². The van der Waals surface area contributed by atoms with Gasteiger partial charge in [0.1, 0.15) is 0 Å². The standard InChI is InChI=1S/C13H14FNS/c14-13(8-15,10-4-5-10)11-3-1-2-9-6-7-16-12(9)11/h1-3,6-7,10H,4-5,8,15H2. The molecule has 0 bridgehead atoms. The van der Waals surface area contributed by atoms with Crippen molar-refractivity contribution in [2.75, 3.05) is 6.54 Å². The molecule has 1 aliphatic rings. The minimum atomic E-state index is -1.32. The predicted molar refractivity (Wildman–Crippen MR) is 66.4 cm³/mol. The lowest BCUT2D eigenvalue weighted by atomic mass is 9.90. The second-order valence-electron chi connectivity index (χ2n) is 4.49. The molecule has 1 aromatic carbocycles. The zero-order valence-electron chi connectivity index (χ0n) is 8.95. The van der Waals surface area contributed by atoms with Crippen LogP contribution in [0.4, 0.5) is 4.39 Å². The molecule has 0 radical (unpaired) electrons. The van der Waals surface area contributed by atoms with Crippen molar-refractivity contribution in [3.63, 3.8) is 0 Å². The van der Waals surface area contributed by atoms with Crippen molar-refractivity contribution in [3.8, 4) is 0 Å². The SMILES string of the molecule is NCC(F)(c1cccc2ccsc12)C1CC1. The van der Waals surface area contributed by atoms with Crippen LogP contribution in [0.5, 0.6) is 0 Å². The number of alkyl halides is 1. The Bertz CT molecular complexity index is 517. The molecule has 84 valence electrons. The van der Waals surface area contributed by atoms with Crippen LogP contribution < -0.4 is 5.73 Å². The quantitative estimate of drug-likeness (QED) is 0.866. The van der Waals surface area contributed by atoms with Crippen LogP contribution in [0.1, 0.15) is 18.4 Å². The van der Waals surface area contributed by atoms with Crippen LogP contribution in [0.2, 0.25) is 0 Å². The van der Waals surface area contributed by atoms with Crippen LogP contribution in [0, 0.1) is 5.92 Å². The van der Waals surface area contributed by atoms with Crippen LogP contribution in [0.15, 0.2) is 29.6 Å². The Hall–Kier alpha value is -0.930. The number of hydrogen-bond acceptors (Lipinski definition) is 2. The fourth-order valence-electron chi connectivity index (χ4n) is 2.36. The largest absolute Gasteiger partial charge is 0.327 e. The molecule has 1 unspecified atom stereocenters. The van der Waals surface area contributed by atoms with Crippen LogP contribution in [-0.4, -0.2) is 6.54 Å². The summed E-state index contributed by atoms with van der Waals surface area (Å²) in [5, 5.41) is 3.14. The van der Waals surface area contributed by atoms with Gasteiger partial charge in [0.15, 0.2) is 5.67 Å². The maximum atomic E-state index is 14.9. The second-order valence-corrected chi connectivity index (χ2v) is 5.40. The Balaban J connectivity index is 2.19. The first-order valence-electron chi connectivity index (χ1n) is 5.61. The molecule has 3 rings (SSSR count). The Morgan fingerprint density at radius 3 is 2.88 bits per heavy atom. The molecule has 1 heterocycles. The highest BCUT2D eigenvalue weighted by Crippen LogP contribution is 2.50. The summed E-state index contributed by atoms with van der Waals surface area (Å²) in [7, 11) is 0. The lowest BCUT2D eigenvalue weighted by molar-refractivity contribution is 0.145. The number of benzene rings is 1. The van der Waals surface area contributed by atoms with E-state index < -0.39 is 5.67 Å². The van der Waals surface area contributed by atoms with Crippen LogP contribution in [-0.2, 0) is 5.67 Å². The molecule has 0 aliphatic heterocycles. The van der Waals surface area contributed by atoms with E-state index in [4.69, 9.17) is 5.73 Å². The Labute approximate surface area is 98.1 Å². The van der Waals surface area contributed by atoms with Gasteiger partial charge in [-0.05, 0) is 35.6 Å². The number of halogens is 1. The highest BCUT2D eigenvalue weighted by molar-refractivity contribution is 7.17. The van der Waals surface area contributed by atoms with Gasteiger partial charge in [0, 0.05) is 16.8 Å². The second kappa shape index (κ2) is 3.54. The van der Waals surface area contributed by atoms with Gasteiger partial charge < -0.3 is 5.73 Å². The Morgan fingerprint density at radius 2 is 2.19 bits per heavy atom. The van der Waals surface area contributed by atoms with Crippen molar-refractivity contribution in [3.05, 3.63) is 35.2 Å². The first-order chi connectivity index (χ1) is 7.75. The van der Waals surface area contributed by atoms with E-state index in [1.165, 1.54) is 0 Å². The van der Waals surface area contributed by atoms with Crippen LogP contribution in [0.25, 0.3) is 10.1 Å². The zero-order valence-corrected chi connectivity index (χ0v) is 9.77. The van der Waals surface area contributed by atoms with E-state index in [1.54, 1.807) is 11.3 Å². The van der Waals surface area contributed by atoms with Gasteiger partial charge in [-0.2, -0.15) is 0 Å². The highest BCUT2D eigenvalue weighted by Gasteiger charge is 2.47. The lowest BCUT2D eigenvalue weighted by Crippen LogP contribution is -2.32. The number of hydrogen-bond donors (Lipinski definition) is 1. The Kier molecular flexibility index (Phi) is 2.26. The first-order valence-corrected chi connectivity index (χ1v) is 6.49. The minimum absolute atomic E-state index is 0.0919. The summed E-state index contributed by atoms with van der Waals surface area (Å²) in [6, 6.07) is 7.88. The predicted octanol–water partition coefficient (Wildman–Crippen LogP) is 3.43. The summed E-state index contributed by atoms with van der Waals surface area (Å²) in [5.41, 5.74) is 5.15. The summed E-state index contributed by atoms with van der Waals surface area (Å²) >= 11 is 1.61. The molecule has 1 aromatic heterocycles. The summed E-state index contributed by atoms with van der Waals surface area (Å²) in [6.45, 7) is 0.0919. The molecule has 16 heavy (non-hydrogen) atoms. The van der Waals surface area contributed by atoms with Gasteiger partial charge in [-0.1, -0.05) is 18.2 Å². The summed E-state index contributed by atoms with van der Waals surface area (Å²) in [5.74, 6) is 0.130. The summed E-state index contributed by atoms with van der Waals surface area (Å²) in [4.78, 5) is 0. The monoisotopic (exact) mass is 235 g/mol. The fourth-order valence-corrected chi connectivity index (χ4v) is 3.35. The van der Waals surface area contributed by atoms with Crippen LogP contribution >= 0.6 is 11.3 Å². The number of rotatable bonds is 3. The molecule has 1 fully saturated rings. The first kappa shape index (κ1) is 10.2. The van der Waals surface area contributed by atoms with Gasteiger partial charge in [-0.3, -0.25) is 0 Å². The van der Waals surface area contributed by atoms with Crippen molar-refractivity contribution in [2.24, 2.45) is 11.7 Å². The minimum Gasteiger partial charge on any atom is -0.327 e. The molecule has 0 saturated heterocycles. The van der Waals surface area contributed by atoms with E-state index in [2.05, 4.69) is 0 Å². The van der Waals surface area contributed by atoms with Gasteiger partial charge in [0.25, 0.3) is 0 Å². The third-order valence-electron chi connectivity index (χ3n) is 3.45. The summed E-state index contributed by atoms with van der Waals surface area (Å²) in [6.07, 6.45) is 1.94. The van der Waals surface area contributed by atoms with E-state index in [0.29, 0.717) is 0 Å². The fraction of sp³-hybridized carbons (Fsp3) is 0.385. The van der Waals surface area contributed by atoms with Crippen molar-refractivity contribution in [1.29, 1.82) is 0 Å². The number of nitrogens with two attached hydrogens (primary N) is 1. The number of fused-ring (bicyclic) bond motifs is 1. The molecule has 0 spiro atoms. The lowest BCUT2D eigenvalue weighted by Gasteiger charge is -2.24. The Morgan fingerprint density at radius 1 is 1.38 bits per heavy atom. The normalized spacial score (nSPS) is 19.9. The van der Waals surface area contributed by atoms with Gasteiger partial charge in [0.2, 0.25) is 0 Å². The van der Waals surface area contributed by atoms with Crippen molar-refractivity contribution in [2.45, 2.75) is 18.5 Å². The average Bonchev–Trinajstić information content (AvgIpc) is 3.06. The van der Waals surface area contributed by atoms with Crippen molar-refractivity contribution < 1.29 is 4.39 Å². The van der Waals surface area contributed by atoms with Gasteiger partial charge in [-0.15, -0.1) is 11.3 Å². The molecule has 1 aliphatic carbocycles. The molecule has 1 nitrogen and oxygen atoms in total. The van der Waals surface area contributed by atoms with E-state index in [9.17, 15) is 4.39 Å². The third-order valence-corrected chi connectivity index (χ3v) is 4.41. The molecule has 0 amide bonds. The van der Waals surface area contributed by atoms with E-state index in [0.717, 1.165) is 28.5 Å². The van der Waals surface area contributed by atoms with E-state index >= 15 is 0 Å². The maximum absolute atomic E-state index is 14.9. The van der Waals surface area contributed by atoms with Gasteiger partial charge in [-0.25, -0.2) is 4.39 Å². The third kappa shape index (κ3) is 1.39. The molecule has 2 N–H and O–H groups in total.